The van der Waals surface area contributed by atoms with E-state index >= 15 is 4.39 Å². The molecule has 1 saturated heterocycles. The fourth-order valence-electron chi connectivity index (χ4n) is 5.53. The van der Waals surface area contributed by atoms with E-state index in [-0.39, 0.29) is 25.4 Å². The van der Waals surface area contributed by atoms with E-state index in [9.17, 15) is 19.5 Å². The van der Waals surface area contributed by atoms with Gasteiger partial charge in [0.2, 0.25) is 0 Å². The molecular weight excluding hydrogens is 499 g/mol. The summed E-state index contributed by atoms with van der Waals surface area (Å²) < 4.78 is 15.5. The number of rotatable bonds is 9. The SMILES string of the molecule is Cc1cccc(-c2c(F)cccc2C(O)(CCCNC(=O)O)[C@@H]2CCCN(C(=O)c3ccc(C=O)cc3)C2)c1. The number of hydrogen-bond donors (Lipinski definition) is 3. The Balaban J connectivity index is 1.71. The van der Waals surface area contributed by atoms with Crippen LogP contribution in [0.5, 0.6) is 0 Å². The van der Waals surface area contributed by atoms with Gasteiger partial charge >= 0.3 is 6.09 Å². The second kappa shape index (κ2) is 12.2. The quantitative estimate of drug-likeness (QED) is 0.253. The number of nitrogens with one attached hydrogen (secondary N) is 1. The molecule has 204 valence electrons. The molecule has 39 heavy (non-hydrogen) atoms. The van der Waals surface area contributed by atoms with Gasteiger partial charge in [-0.3, -0.25) is 9.59 Å². The lowest BCUT2D eigenvalue weighted by atomic mass is 9.72. The van der Waals surface area contributed by atoms with Crippen molar-refractivity contribution in [1.82, 2.24) is 10.2 Å². The van der Waals surface area contributed by atoms with Gasteiger partial charge in [-0.1, -0.05) is 54.1 Å². The number of carboxylic acid groups (broad SMARTS) is 1. The van der Waals surface area contributed by atoms with Crippen molar-refractivity contribution < 1.29 is 29.0 Å². The molecule has 3 N–H and O–H groups in total. The number of carbonyl (C=O) groups is 3. The maximum Gasteiger partial charge on any atom is 0.404 e. The molecule has 1 unspecified atom stereocenters. The first-order valence-electron chi connectivity index (χ1n) is 13.1. The smallest absolute Gasteiger partial charge is 0.404 e. The summed E-state index contributed by atoms with van der Waals surface area (Å²) in [6.45, 7) is 2.81. The summed E-state index contributed by atoms with van der Waals surface area (Å²) in [6.07, 6.45) is 1.32. The molecule has 1 heterocycles. The molecular formula is C31H33FN2O5. The zero-order valence-corrected chi connectivity index (χ0v) is 21.9. The summed E-state index contributed by atoms with van der Waals surface area (Å²) >= 11 is 0. The van der Waals surface area contributed by atoms with Gasteiger partial charge in [0, 0.05) is 42.2 Å². The monoisotopic (exact) mass is 532 g/mol. The van der Waals surface area contributed by atoms with Gasteiger partial charge in [-0.2, -0.15) is 0 Å². The minimum absolute atomic E-state index is 0.130. The van der Waals surface area contributed by atoms with Crippen LogP contribution in [0.3, 0.4) is 0 Å². The molecule has 1 aliphatic rings. The van der Waals surface area contributed by atoms with E-state index in [0.717, 1.165) is 11.8 Å². The van der Waals surface area contributed by atoms with Crippen molar-refractivity contribution in [2.75, 3.05) is 19.6 Å². The van der Waals surface area contributed by atoms with Crippen molar-refractivity contribution in [2.45, 2.75) is 38.2 Å². The van der Waals surface area contributed by atoms with Gasteiger partial charge in [-0.05, 0) is 61.9 Å². The normalized spacial score (nSPS) is 16.8. The molecule has 1 aliphatic heterocycles. The second-order valence-electron chi connectivity index (χ2n) is 10.1. The van der Waals surface area contributed by atoms with Crippen LogP contribution in [0.15, 0.2) is 66.7 Å². The van der Waals surface area contributed by atoms with Gasteiger partial charge in [0.25, 0.3) is 5.91 Å². The molecule has 0 radical (unpaired) electrons. The van der Waals surface area contributed by atoms with Crippen molar-refractivity contribution in [3.63, 3.8) is 0 Å². The number of nitrogens with zero attached hydrogens (tertiary/aromatic N) is 1. The lowest BCUT2D eigenvalue weighted by Crippen LogP contribution is -2.48. The molecule has 0 spiro atoms. The Bertz CT molecular complexity index is 1340. The van der Waals surface area contributed by atoms with E-state index < -0.39 is 23.4 Å². The third kappa shape index (κ3) is 6.34. The lowest BCUT2D eigenvalue weighted by molar-refractivity contribution is -0.0564. The number of likely N-dealkylation sites (tertiary alicyclic amines) is 1. The minimum Gasteiger partial charge on any atom is -0.465 e. The number of hydrogen-bond acceptors (Lipinski definition) is 4. The van der Waals surface area contributed by atoms with Gasteiger partial charge in [0.1, 0.15) is 12.1 Å². The van der Waals surface area contributed by atoms with Crippen LogP contribution >= 0.6 is 0 Å². The number of aldehydes is 1. The summed E-state index contributed by atoms with van der Waals surface area (Å²) in [4.78, 5) is 37.1. The molecule has 1 fully saturated rings. The number of aryl methyl sites for hydroxylation is 1. The number of amides is 2. The fourth-order valence-corrected chi connectivity index (χ4v) is 5.53. The maximum atomic E-state index is 15.5. The van der Waals surface area contributed by atoms with Crippen LogP contribution in [0, 0.1) is 18.7 Å². The third-order valence-electron chi connectivity index (χ3n) is 7.48. The fraction of sp³-hybridized carbons (Fsp3) is 0.323. The first-order valence-corrected chi connectivity index (χ1v) is 13.1. The highest BCUT2D eigenvalue weighted by molar-refractivity contribution is 5.95. The number of benzene rings is 3. The number of carbonyl (C=O) groups excluding carboxylic acids is 2. The molecule has 0 aromatic heterocycles. The van der Waals surface area contributed by atoms with Crippen LogP contribution in [0.1, 0.15) is 57.5 Å². The van der Waals surface area contributed by atoms with Crippen molar-refractivity contribution in [1.29, 1.82) is 0 Å². The average Bonchev–Trinajstić information content (AvgIpc) is 2.94. The summed E-state index contributed by atoms with van der Waals surface area (Å²) in [7, 11) is 0. The number of piperidine rings is 1. The second-order valence-corrected chi connectivity index (χ2v) is 10.1. The highest BCUT2D eigenvalue weighted by Gasteiger charge is 2.43. The predicted molar refractivity (Wildman–Crippen MR) is 146 cm³/mol. The molecule has 3 aromatic rings. The molecule has 0 saturated carbocycles. The number of halogens is 1. The predicted octanol–water partition coefficient (Wildman–Crippen LogP) is 5.40. The molecule has 3 aromatic carbocycles. The standard InChI is InChI=1S/C31H33FN2O5/c1-21-6-2-7-24(18-21)28-26(9-3-10-27(28)32)31(39,15-5-16-33-30(37)38)25-8-4-17-34(19-25)29(36)23-13-11-22(20-35)12-14-23/h2-3,6-7,9-14,18,20,25,33,39H,4-5,8,15-17,19H2,1H3,(H,37,38)/t25-,31?/m1/s1. The van der Waals surface area contributed by atoms with Gasteiger partial charge < -0.3 is 20.4 Å². The van der Waals surface area contributed by atoms with E-state index in [1.807, 2.05) is 25.1 Å². The lowest BCUT2D eigenvalue weighted by Gasteiger charge is -2.43. The van der Waals surface area contributed by atoms with Crippen molar-refractivity contribution in [3.8, 4) is 11.1 Å². The van der Waals surface area contributed by atoms with Crippen LogP contribution < -0.4 is 5.32 Å². The first kappa shape index (κ1) is 28.0. The van der Waals surface area contributed by atoms with E-state index in [2.05, 4.69) is 5.32 Å². The topological polar surface area (TPSA) is 107 Å². The molecule has 0 aliphatic carbocycles. The van der Waals surface area contributed by atoms with E-state index in [1.54, 1.807) is 47.4 Å². The molecule has 8 heteroatoms. The van der Waals surface area contributed by atoms with Gasteiger partial charge in [-0.15, -0.1) is 0 Å². The van der Waals surface area contributed by atoms with E-state index in [4.69, 9.17) is 5.11 Å². The molecule has 2 atom stereocenters. The Morgan fingerprint density at radius 2 is 1.87 bits per heavy atom. The van der Waals surface area contributed by atoms with E-state index in [0.29, 0.717) is 53.6 Å². The molecule has 0 bridgehead atoms. The Kier molecular flexibility index (Phi) is 8.76. The summed E-state index contributed by atoms with van der Waals surface area (Å²) in [5.74, 6) is -1.08. The molecule has 7 nitrogen and oxygen atoms in total. The van der Waals surface area contributed by atoms with Crippen LogP contribution in [0.2, 0.25) is 0 Å². The largest absolute Gasteiger partial charge is 0.465 e. The third-order valence-corrected chi connectivity index (χ3v) is 7.48. The van der Waals surface area contributed by atoms with Crippen LogP contribution in [-0.4, -0.2) is 53.0 Å². The van der Waals surface area contributed by atoms with Gasteiger partial charge in [-0.25, -0.2) is 9.18 Å². The van der Waals surface area contributed by atoms with Crippen molar-refractivity contribution >= 4 is 18.3 Å². The Hall–Kier alpha value is -4.04. The zero-order valence-electron chi connectivity index (χ0n) is 21.9. The van der Waals surface area contributed by atoms with Crippen molar-refractivity contribution in [2.24, 2.45) is 5.92 Å². The summed E-state index contributed by atoms with van der Waals surface area (Å²) in [5.41, 5.74) is 1.72. The number of aliphatic hydroxyl groups is 1. The van der Waals surface area contributed by atoms with Gasteiger partial charge in [0.05, 0.1) is 5.60 Å². The van der Waals surface area contributed by atoms with Crippen molar-refractivity contribution in [3.05, 3.63) is 94.8 Å². The highest BCUT2D eigenvalue weighted by atomic mass is 19.1. The zero-order chi connectivity index (χ0) is 28.0. The Labute approximate surface area is 227 Å². The summed E-state index contributed by atoms with van der Waals surface area (Å²) in [5, 5.41) is 23.8. The average molecular weight is 533 g/mol. The molecule has 4 rings (SSSR count). The summed E-state index contributed by atoms with van der Waals surface area (Å²) in [6, 6.07) is 18.5. The minimum atomic E-state index is -1.53. The van der Waals surface area contributed by atoms with Crippen LogP contribution in [0.4, 0.5) is 9.18 Å². The Morgan fingerprint density at radius 1 is 1.13 bits per heavy atom. The highest BCUT2D eigenvalue weighted by Crippen LogP contribution is 2.44. The maximum absolute atomic E-state index is 15.5. The van der Waals surface area contributed by atoms with Crippen LogP contribution in [0.25, 0.3) is 11.1 Å². The first-order chi connectivity index (χ1) is 18.7. The van der Waals surface area contributed by atoms with Gasteiger partial charge in [0.15, 0.2) is 0 Å². The van der Waals surface area contributed by atoms with E-state index in [1.165, 1.54) is 6.07 Å². The van der Waals surface area contributed by atoms with Crippen LogP contribution in [-0.2, 0) is 5.60 Å². The molecule has 2 amide bonds. The Morgan fingerprint density at radius 3 is 2.56 bits per heavy atom.